The van der Waals surface area contributed by atoms with Crippen LogP contribution in [0.15, 0.2) is 80.7 Å². The number of rotatable bonds is 3. The van der Waals surface area contributed by atoms with E-state index in [1.165, 1.54) is 0 Å². The van der Waals surface area contributed by atoms with Gasteiger partial charge in [-0.05, 0) is 67.3 Å². The fourth-order valence-corrected chi connectivity index (χ4v) is 4.06. The van der Waals surface area contributed by atoms with Gasteiger partial charge in [-0.2, -0.15) is 5.10 Å². The van der Waals surface area contributed by atoms with Crippen LogP contribution in [0.3, 0.4) is 0 Å². The molecule has 0 N–H and O–H groups in total. The first kappa shape index (κ1) is 16.7. The molecule has 2 atom stereocenters. The Kier molecular flexibility index (Phi) is 4.16. The molecule has 0 saturated heterocycles. The third kappa shape index (κ3) is 2.87. The molecule has 4 heterocycles. The molecule has 0 aromatic carbocycles. The zero-order valence-corrected chi connectivity index (χ0v) is 15.2. The van der Waals surface area contributed by atoms with Crippen LogP contribution in [-0.2, 0) is 0 Å². The average Bonchev–Trinajstić information content (AvgIpc) is 3.48. The van der Waals surface area contributed by atoms with Crippen molar-refractivity contribution in [3.05, 3.63) is 84.0 Å². The van der Waals surface area contributed by atoms with E-state index in [4.69, 9.17) is 13.9 Å². The summed E-state index contributed by atoms with van der Waals surface area (Å²) < 4.78 is 11.2. The van der Waals surface area contributed by atoms with E-state index < -0.39 is 0 Å². The van der Waals surface area contributed by atoms with E-state index >= 15 is 0 Å². The highest BCUT2D eigenvalue weighted by Crippen LogP contribution is 2.44. The van der Waals surface area contributed by atoms with Crippen LogP contribution in [0.1, 0.15) is 47.3 Å². The second-order valence-corrected chi connectivity index (χ2v) is 6.99. The predicted molar refractivity (Wildman–Crippen MR) is 103 cm³/mol. The minimum Gasteiger partial charge on any atom is -0.467 e. The largest absolute Gasteiger partial charge is 0.467 e. The molecule has 1 aliphatic heterocycles. The number of aromatic nitrogens is 1. The van der Waals surface area contributed by atoms with Crippen molar-refractivity contribution in [2.45, 2.75) is 25.3 Å². The van der Waals surface area contributed by atoms with Gasteiger partial charge in [-0.15, -0.1) is 0 Å². The number of pyridine rings is 1. The number of hydrogen-bond acceptors (Lipinski definition) is 5. The Morgan fingerprint density at radius 2 is 2.00 bits per heavy atom. The lowest BCUT2D eigenvalue weighted by Crippen LogP contribution is -2.32. The minimum atomic E-state index is -0.264. The molecule has 0 unspecified atom stereocenters. The van der Waals surface area contributed by atoms with E-state index in [1.807, 2.05) is 30.3 Å². The molecule has 28 heavy (non-hydrogen) atoms. The summed E-state index contributed by atoms with van der Waals surface area (Å²) >= 11 is 0. The first-order chi connectivity index (χ1) is 13.8. The molecule has 140 valence electrons. The van der Waals surface area contributed by atoms with Gasteiger partial charge in [-0.1, -0.05) is 6.07 Å². The molecule has 1 aliphatic carbocycles. The number of nitrogens with zero attached hydrogens (tertiary/aromatic N) is 3. The van der Waals surface area contributed by atoms with Gasteiger partial charge in [0.15, 0.2) is 0 Å². The van der Waals surface area contributed by atoms with Gasteiger partial charge in [0, 0.05) is 12.1 Å². The van der Waals surface area contributed by atoms with Crippen LogP contribution in [0, 0.1) is 5.92 Å². The molecule has 3 aromatic rings. The standard InChI is InChI=1S/C22H19N3O3/c26-22(18-9-1-2-11-23-18)25-21(19-10-5-13-28-19)17-8-3-6-15(20(17)24-25)14-16-7-4-12-27-16/h1-2,4-5,7,9-14,17,21H,3,6,8H2/b15-14-/t17-,21-/m1/s1. The molecule has 0 radical (unpaired) electrons. The molecule has 0 bridgehead atoms. The number of carbonyl (C=O) groups is 1. The van der Waals surface area contributed by atoms with E-state index in [0.717, 1.165) is 42.1 Å². The Hall–Kier alpha value is -3.41. The highest BCUT2D eigenvalue weighted by atomic mass is 16.3. The van der Waals surface area contributed by atoms with Gasteiger partial charge in [0.2, 0.25) is 0 Å². The van der Waals surface area contributed by atoms with Crippen LogP contribution >= 0.6 is 0 Å². The minimum absolute atomic E-state index is 0.0915. The smallest absolute Gasteiger partial charge is 0.293 e. The fourth-order valence-electron chi connectivity index (χ4n) is 4.06. The molecule has 3 aromatic heterocycles. The van der Waals surface area contributed by atoms with Crippen LogP contribution in [0.4, 0.5) is 0 Å². The third-order valence-electron chi connectivity index (χ3n) is 5.29. The lowest BCUT2D eigenvalue weighted by molar-refractivity contribution is 0.0650. The summed E-state index contributed by atoms with van der Waals surface area (Å²) in [7, 11) is 0. The quantitative estimate of drug-likeness (QED) is 0.667. The van der Waals surface area contributed by atoms with Crippen LogP contribution < -0.4 is 0 Å². The molecule has 5 rings (SSSR count). The zero-order valence-electron chi connectivity index (χ0n) is 15.2. The first-order valence-electron chi connectivity index (χ1n) is 9.42. The van der Waals surface area contributed by atoms with Gasteiger partial charge < -0.3 is 8.83 Å². The summed E-state index contributed by atoms with van der Waals surface area (Å²) in [5, 5.41) is 6.32. The fraction of sp³-hybridized carbons (Fsp3) is 0.227. The topological polar surface area (TPSA) is 71.8 Å². The van der Waals surface area contributed by atoms with Gasteiger partial charge >= 0.3 is 0 Å². The molecule has 6 heteroatoms. The molecular weight excluding hydrogens is 354 g/mol. The van der Waals surface area contributed by atoms with Gasteiger partial charge in [0.05, 0.1) is 18.2 Å². The number of carbonyl (C=O) groups excluding carboxylic acids is 1. The summed E-state index contributed by atoms with van der Waals surface area (Å²) in [6.07, 6.45) is 9.83. The van der Waals surface area contributed by atoms with E-state index in [2.05, 4.69) is 4.98 Å². The van der Waals surface area contributed by atoms with Crippen molar-refractivity contribution in [3.63, 3.8) is 0 Å². The Labute approximate surface area is 162 Å². The molecule has 1 amide bonds. The Morgan fingerprint density at radius 1 is 1.11 bits per heavy atom. The van der Waals surface area contributed by atoms with Crippen molar-refractivity contribution in [3.8, 4) is 0 Å². The maximum atomic E-state index is 13.2. The Balaban J connectivity index is 1.57. The van der Waals surface area contributed by atoms with E-state index in [9.17, 15) is 4.79 Å². The molecule has 6 nitrogen and oxygen atoms in total. The van der Waals surface area contributed by atoms with Crippen molar-refractivity contribution >= 4 is 17.7 Å². The van der Waals surface area contributed by atoms with Gasteiger partial charge in [-0.3, -0.25) is 9.78 Å². The Bertz CT molecular complexity index is 1020. The van der Waals surface area contributed by atoms with Crippen molar-refractivity contribution in [2.75, 3.05) is 0 Å². The normalized spacial score (nSPS) is 22.9. The van der Waals surface area contributed by atoms with Crippen LogP contribution in [0.25, 0.3) is 6.08 Å². The van der Waals surface area contributed by atoms with Gasteiger partial charge in [-0.25, -0.2) is 5.01 Å². The van der Waals surface area contributed by atoms with E-state index in [-0.39, 0.29) is 17.9 Å². The SMILES string of the molecule is O=C(c1ccccn1)N1N=C2/C(=C\c3ccco3)CCC[C@H]2[C@@H]1c1ccco1. The number of amides is 1. The van der Waals surface area contributed by atoms with Gasteiger partial charge in [0.1, 0.15) is 23.3 Å². The molecule has 1 saturated carbocycles. The summed E-state index contributed by atoms with van der Waals surface area (Å²) in [4.78, 5) is 17.4. The highest BCUT2D eigenvalue weighted by molar-refractivity contribution is 6.08. The van der Waals surface area contributed by atoms with Crippen LogP contribution in [-0.4, -0.2) is 21.6 Å². The molecule has 1 fully saturated rings. The second kappa shape index (κ2) is 6.96. The number of hydrazone groups is 1. The number of fused-ring (bicyclic) bond motifs is 1. The molecule has 2 aliphatic rings. The lowest BCUT2D eigenvalue weighted by atomic mass is 9.79. The average molecular weight is 373 g/mol. The summed E-state index contributed by atoms with van der Waals surface area (Å²) in [6, 6.07) is 12.6. The maximum Gasteiger partial charge on any atom is 0.293 e. The highest BCUT2D eigenvalue weighted by Gasteiger charge is 2.45. The van der Waals surface area contributed by atoms with Crippen molar-refractivity contribution in [1.29, 1.82) is 0 Å². The number of furan rings is 2. The second-order valence-electron chi connectivity index (χ2n) is 6.99. The van der Waals surface area contributed by atoms with Gasteiger partial charge in [0.25, 0.3) is 5.91 Å². The zero-order chi connectivity index (χ0) is 18.9. The summed E-state index contributed by atoms with van der Waals surface area (Å²) in [6.45, 7) is 0. The maximum absolute atomic E-state index is 13.2. The monoisotopic (exact) mass is 373 g/mol. The van der Waals surface area contributed by atoms with Crippen LogP contribution in [0.2, 0.25) is 0 Å². The summed E-state index contributed by atoms with van der Waals surface area (Å²) in [5.41, 5.74) is 2.42. The van der Waals surface area contributed by atoms with Crippen LogP contribution in [0.5, 0.6) is 0 Å². The number of hydrogen-bond donors (Lipinski definition) is 0. The van der Waals surface area contributed by atoms with E-state index in [1.54, 1.807) is 41.9 Å². The number of allylic oxidation sites excluding steroid dienone is 1. The van der Waals surface area contributed by atoms with Crippen molar-refractivity contribution < 1.29 is 13.6 Å². The molecule has 0 spiro atoms. The van der Waals surface area contributed by atoms with Crippen molar-refractivity contribution in [1.82, 2.24) is 9.99 Å². The van der Waals surface area contributed by atoms with E-state index in [0.29, 0.717) is 5.69 Å². The first-order valence-corrected chi connectivity index (χ1v) is 9.42. The lowest BCUT2D eigenvalue weighted by Gasteiger charge is -2.27. The predicted octanol–water partition coefficient (Wildman–Crippen LogP) is 4.70. The van der Waals surface area contributed by atoms with Crippen molar-refractivity contribution in [2.24, 2.45) is 11.0 Å². The Morgan fingerprint density at radius 3 is 2.75 bits per heavy atom. The third-order valence-corrected chi connectivity index (χ3v) is 5.29. The summed E-state index contributed by atoms with van der Waals surface area (Å²) in [5.74, 6) is 1.41. The molecular formula is C22H19N3O3.